The number of rotatable bonds is 25. The van der Waals surface area contributed by atoms with Crippen molar-refractivity contribution in [1.29, 1.82) is 0 Å². The van der Waals surface area contributed by atoms with E-state index in [1.54, 1.807) is 0 Å². The zero-order chi connectivity index (χ0) is 37.7. The fourth-order valence-corrected chi connectivity index (χ4v) is 7.13. The van der Waals surface area contributed by atoms with E-state index in [9.17, 15) is 14.7 Å². The summed E-state index contributed by atoms with van der Waals surface area (Å²) in [4.78, 5) is 25.7. The Morgan fingerprint density at radius 2 is 1.34 bits per heavy atom. The third kappa shape index (κ3) is 15.0. The van der Waals surface area contributed by atoms with Crippen LogP contribution in [0.3, 0.4) is 0 Å². The maximum absolute atomic E-state index is 12.2. The Bertz CT molecular complexity index is 1460. The Labute approximate surface area is 318 Å². The molecule has 1 fully saturated rings. The lowest BCUT2D eigenvalue weighted by Gasteiger charge is -2.38. The molecular formula is C45H64N2O6. The van der Waals surface area contributed by atoms with Gasteiger partial charge in [-0.05, 0) is 53.7 Å². The number of ether oxygens (including phenoxy) is 2. The molecule has 53 heavy (non-hydrogen) atoms. The normalized spacial score (nSPS) is 17.2. The SMILES string of the molecule is CCCCCCCCN(CCCCCCCC)CC1CC(c2ccc(CO)cc2)OC(c2ccc(-c3ccccc3CNC(=O)CCC(=O)O)cc2)O1. The molecule has 1 aliphatic heterocycles. The zero-order valence-electron chi connectivity index (χ0n) is 32.3. The van der Waals surface area contributed by atoms with Gasteiger partial charge in [-0.15, -0.1) is 0 Å². The molecule has 0 saturated carbocycles. The second-order valence-corrected chi connectivity index (χ2v) is 14.6. The predicted octanol–water partition coefficient (Wildman–Crippen LogP) is 9.90. The van der Waals surface area contributed by atoms with Gasteiger partial charge in [-0.2, -0.15) is 0 Å². The highest BCUT2D eigenvalue weighted by Gasteiger charge is 2.33. The molecule has 3 unspecified atom stereocenters. The standard InChI is InChI=1S/C45H64N2O6/c1-3-5-7-9-11-15-29-47(30-16-12-10-8-6-4-2)33-40-31-42(37-21-19-35(34-48)20-22-37)53-45(52-40)38-25-23-36(24-26-38)41-18-14-13-17-39(41)32-46-43(49)27-28-44(50)51/h13-14,17-26,40,42,45,48H,3-12,15-16,27-34H2,1-2H3,(H,46,49)(H,50,51). The van der Waals surface area contributed by atoms with Crippen LogP contribution in [0.1, 0.15) is 145 Å². The minimum Gasteiger partial charge on any atom is -0.481 e. The quantitative estimate of drug-likeness (QED) is 0.0746. The van der Waals surface area contributed by atoms with E-state index in [-0.39, 0.29) is 37.6 Å². The van der Waals surface area contributed by atoms with Crippen LogP contribution in [-0.4, -0.2) is 52.7 Å². The molecule has 0 radical (unpaired) electrons. The first-order valence-corrected chi connectivity index (χ1v) is 20.3. The van der Waals surface area contributed by atoms with E-state index in [1.165, 1.54) is 77.0 Å². The lowest BCUT2D eigenvalue weighted by Crippen LogP contribution is -2.40. The molecule has 3 N–H and O–H groups in total. The summed E-state index contributed by atoms with van der Waals surface area (Å²) >= 11 is 0. The number of aliphatic carboxylic acids is 1. The molecule has 0 spiro atoms. The van der Waals surface area contributed by atoms with Crippen LogP contribution >= 0.6 is 0 Å². The van der Waals surface area contributed by atoms with E-state index in [2.05, 4.69) is 60.5 Å². The summed E-state index contributed by atoms with van der Waals surface area (Å²) in [5.74, 6) is -1.26. The number of unbranched alkanes of at least 4 members (excludes halogenated alkanes) is 10. The summed E-state index contributed by atoms with van der Waals surface area (Å²) in [6.07, 6.45) is 15.3. The lowest BCUT2D eigenvalue weighted by atomic mass is 9.97. The molecule has 8 nitrogen and oxygen atoms in total. The molecular weight excluding hydrogens is 665 g/mol. The van der Waals surface area contributed by atoms with Gasteiger partial charge in [-0.3, -0.25) is 9.59 Å². The second-order valence-electron chi connectivity index (χ2n) is 14.6. The predicted molar refractivity (Wildman–Crippen MR) is 212 cm³/mol. The lowest BCUT2D eigenvalue weighted by molar-refractivity contribution is -0.253. The summed E-state index contributed by atoms with van der Waals surface area (Å²) in [5.41, 5.74) is 5.90. The van der Waals surface area contributed by atoms with Gasteiger partial charge in [-0.1, -0.05) is 151 Å². The number of hydrogen-bond donors (Lipinski definition) is 3. The first kappa shape index (κ1) is 42.2. The molecule has 3 aromatic rings. The highest BCUT2D eigenvalue weighted by atomic mass is 16.7. The maximum atomic E-state index is 12.2. The Balaban J connectivity index is 1.48. The molecule has 3 aromatic carbocycles. The summed E-state index contributed by atoms with van der Waals surface area (Å²) < 4.78 is 13.5. The fraction of sp³-hybridized carbons (Fsp3) is 0.556. The van der Waals surface area contributed by atoms with Crippen molar-refractivity contribution < 1.29 is 29.3 Å². The number of aliphatic hydroxyl groups is 1. The maximum Gasteiger partial charge on any atom is 0.303 e. The van der Waals surface area contributed by atoms with Gasteiger partial charge in [-0.25, -0.2) is 0 Å². The summed E-state index contributed by atoms with van der Waals surface area (Å²) in [5, 5.41) is 21.4. The molecule has 290 valence electrons. The Morgan fingerprint density at radius 3 is 1.96 bits per heavy atom. The van der Waals surface area contributed by atoms with E-state index in [0.717, 1.165) is 59.4 Å². The number of aliphatic hydroxyl groups excluding tert-OH is 1. The number of carbonyl (C=O) groups is 2. The number of carbonyl (C=O) groups excluding carboxylic acids is 1. The van der Waals surface area contributed by atoms with Crippen molar-refractivity contribution in [3.8, 4) is 11.1 Å². The first-order chi connectivity index (χ1) is 25.9. The molecule has 0 bridgehead atoms. The van der Waals surface area contributed by atoms with Gasteiger partial charge in [0.1, 0.15) is 0 Å². The van der Waals surface area contributed by atoms with Crippen molar-refractivity contribution in [3.05, 3.63) is 95.1 Å². The van der Waals surface area contributed by atoms with Gasteiger partial charge in [0.25, 0.3) is 0 Å². The van der Waals surface area contributed by atoms with Crippen molar-refractivity contribution in [2.75, 3.05) is 19.6 Å². The first-order valence-electron chi connectivity index (χ1n) is 20.3. The van der Waals surface area contributed by atoms with Crippen molar-refractivity contribution in [1.82, 2.24) is 10.2 Å². The Kier molecular flexibility index (Phi) is 19.1. The van der Waals surface area contributed by atoms with Gasteiger partial charge >= 0.3 is 5.97 Å². The molecule has 1 saturated heterocycles. The van der Waals surface area contributed by atoms with Crippen molar-refractivity contribution in [3.63, 3.8) is 0 Å². The molecule has 1 aliphatic rings. The Hall–Kier alpha value is -3.56. The number of carboxylic acids is 1. The van der Waals surface area contributed by atoms with Crippen LogP contribution in [0.25, 0.3) is 11.1 Å². The van der Waals surface area contributed by atoms with Gasteiger partial charge in [0.2, 0.25) is 5.91 Å². The third-order valence-corrected chi connectivity index (χ3v) is 10.3. The molecule has 0 aliphatic carbocycles. The van der Waals surface area contributed by atoms with Crippen molar-refractivity contribution in [2.45, 2.75) is 142 Å². The van der Waals surface area contributed by atoms with Crippen LogP contribution < -0.4 is 5.32 Å². The highest BCUT2D eigenvalue weighted by molar-refractivity contribution is 5.80. The molecule has 1 amide bonds. The number of nitrogens with zero attached hydrogens (tertiary/aromatic N) is 1. The molecule has 8 heteroatoms. The van der Waals surface area contributed by atoms with Crippen LogP contribution in [0.4, 0.5) is 0 Å². The average Bonchev–Trinajstić information content (AvgIpc) is 3.18. The number of carboxylic acid groups (broad SMARTS) is 1. The van der Waals surface area contributed by atoms with Crippen LogP contribution in [0.5, 0.6) is 0 Å². The van der Waals surface area contributed by atoms with E-state index >= 15 is 0 Å². The minimum absolute atomic E-state index is 0.00147. The zero-order valence-corrected chi connectivity index (χ0v) is 32.3. The van der Waals surface area contributed by atoms with E-state index in [4.69, 9.17) is 14.6 Å². The number of hydrogen-bond acceptors (Lipinski definition) is 6. The van der Waals surface area contributed by atoms with E-state index < -0.39 is 12.3 Å². The minimum atomic E-state index is -0.984. The topological polar surface area (TPSA) is 108 Å². The van der Waals surface area contributed by atoms with E-state index in [1.807, 2.05) is 36.4 Å². The molecule has 1 heterocycles. The van der Waals surface area contributed by atoms with Crippen LogP contribution in [0.15, 0.2) is 72.8 Å². The van der Waals surface area contributed by atoms with Gasteiger partial charge < -0.3 is 29.9 Å². The molecule has 0 aromatic heterocycles. The molecule has 4 rings (SSSR count). The third-order valence-electron chi connectivity index (χ3n) is 10.3. The highest BCUT2D eigenvalue weighted by Crippen LogP contribution is 2.39. The number of nitrogens with one attached hydrogen (secondary N) is 1. The number of amides is 1. The summed E-state index contributed by atoms with van der Waals surface area (Å²) in [6, 6.07) is 24.3. The number of benzene rings is 3. The summed E-state index contributed by atoms with van der Waals surface area (Å²) in [7, 11) is 0. The largest absolute Gasteiger partial charge is 0.481 e. The monoisotopic (exact) mass is 728 g/mol. The van der Waals surface area contributed by atoms with Gasteiger partial charge in [0, 0.05) is 31.5 Å². The van der Waals surface area contributed by atoms with Crippen molar-refractivity contribution >= 4 is 11.9 Å². The van der Waals surface area contributed by atoms with Crippen LogP contribution in [0, 0.1) is 0 Å². The molecule has 3 atom stereocenters. The second kappa shape index (κ2) is 24.0. The summed E-state index contributed by atoms with van der Waals surface area (Å²) in [6.45, 7) is 7.93. The fourth-order valence-electron chi connectivity index (χ4n) is 7.13. The van der Waals surface area contributed by atoms with Gasteiger partial charge in [0.15, 0.2) is 6.29 Å². The van der Waals surface area contributed by atoms with E-state index in [0.29, 0.717) is 6.54 Å². The smallest absolute Gasteiger partial charge is 0.303 e. The van der Waals surface area contributed by atoms with Gasteiger partial charge in [0.05, 0.1) is 25.2 Å². The van der Waals surface area contributed by atoms with Crippen molar-refractivity contribution in [2.24, 2.45) is 0 Å². The Morgan fingerprint density at radius 1 is 0.736 bits per heavy atom. The van der Waals surface area contributed by atoms with Crippen LogP contribution in [0.2, 0.25) is 0 Å². The average molecular weight is 729 g/mol. The van der Waals surface area contributed by atoms with Crippen LogP contribution in [-0.2, 0) is 32.2 Å².